The van der Waals surface area contributed by atoms with Gasteiger partial charge in [-0.25, -0.2) is 0 Å². The summed E-state index contributed by atoms with van der Waals surface area (Å²) < 4.78 is 0. The van der Waals surface area contributed by atoms with E-state index < -0.39 is 46.2 Å². The lowest BCUT2D eigenvalue weighted by atomic mass is 9.78. The first-order chi connectivity index (χ1) is 18.2. The van der Waals surface area contributed by atoms with Crippen LogP contribution in [-0.2, 0) is 6.61 Å². The molecule has 0 unspecified atom stereocenters. The first kappa shape index (κ1) is 20.9. The van der Waals surface area contributed by atoms with Crippen molar-refractivity contribution in [3.05, 3.63) is 56.3 Å². The highest BCUT2D eigenvalue weighted by atomic mass is 16.3. The van der Waals surface area contributed by atoms with Gasteiger partial charge in [-0.3, -0.25) is 9.59 Å². The molecule has 184 valence electrons. The van der Waals surface area contributed by atoms with Crippen molar-refractivity contribution in [2.75, 3.05) is 0 Å². The minimum absolute atomic E-state index is 0.0344. The number of fused-ring (bicyclic) bond motifs is 2. The van der Waals surface area contributed by atoms with Gasteiger partial charge in [-0.05, 0) is 34.5 Å². The highest BCUT2D eigenvalue weighted by molar-refractivity contribution is 6.51. The number of hydrogen-bond acceptors (Lipinski definition) is 9. The van der Waals surface area contributed by atoms with Gasteiger partial charge in [0.25, 0.3) is 0 Å². The summed E-state index contributed by atoms with van der Waals surface area (Å²) in [5.41, 5.74) is -1.11. The molecule has 0 aliphatic heterocycles. The van der Waals surface area contributed by atoms with Crippen LogP contribution in [0.5, 0.6) is 34.5 Å². The molecule has 9 heteroatoms. The van der Waals surface area contributed by atoms with Crippen LogP contribution in [0.3, 0.4) is 0 Å². The zero-order valence-corrected chi connectivity index (χ0v) is 19.0. The molecule has 0 radical (unpaired) electrons. The van der Waals surface area contributed by atoms with Crippen LogP contribution < -0.4 is 10.9 Å². The fraction of sp³-hybridized carbons (Fsp3) is 0.0345. The van der Waals surface area contributed by atoms with Gasteiger partial charge in [-0.1, -0.05) is 0 Å². The standard InChI is InChI=1S/C29H14O9/c30-6-7-3-10(32)20-23-15(7)8-1-2-9(31)19-16(8)24-25-17(11(33)4-13(35)21(25)28(19)37)18-12(34)5-14(36)22(29(20)38)26(18)27(23)24/h1-5,30-31,34-38H,6H2. The molecule has 0 saturated carbocycles. The molecule has 0 spiro atoms. The summed E-state index contributed by atoms with van der Waals surface area (Å²) in [5, 5.41) is 77.9. The molecule has 8 aromatic rings. The van der Waals surface area contributed by atoms with Gasteiger partial charge < -0.3 is 35.7 Å². The second-order valence-electron chi connectivity index (χ2n) is 9.71. The zero-order valence-electron chi connectivity index (χ0n) is 19.0. The third kappa shape index (κ3) is 1.96. The molecule has 7 N–H and O–H groups in total. The van der Waals surface area contributed by atoms with E-state index in [-0.39, 0.29) is 75.9 Å². The third-order valence-corrected chi connectivity index (χ3v) is 8.00. The Kier molecular flexibility index (Phi) is 3.38. The zero-order chi connectivity index (χ0) is 26.5. The number of phenolic OH excluding ortho intramolecular Hbond substituents is 6. The van der Waals surface area contributed by atoms with Crippen LogP contribution in [0.2, 0.25) is 0 Å². The monoisotopic (exact) mass is 506 g/mol. The molecule has 8 aromatic carbocycles. The summed E-state index contributed by atoms with van der Waals surface area (Å²) in [4.78, 5) is 26.7. The maximum atomic E-state index is 13.4. The van der Waals surface area contributed by atoms with Crippen molar-refractivity contribution in [2.24, 2.45) is 0 Å². The SMILES string of the molecule is O=c1cc(CO)c2c3ccc(O)c4c(O)c5c(O)cc(=O)c6c7c(O)cc(O)c8c(O)c1c2c(c87)c(c43)c56. The van der Waals surface area contributed by atoms with Gasteiger partial charge in [-0.2, -0.15) is 0 Å². The molecule has 0 aliphatic rings. The van der Waals surface area contributed by atoms with Crippen LogP contribution in [0.1, 0.15) is 5.56 Å². The Morgan fingerprint density at radius 3 is 1.66 bits per heavy atom. The molecule has 0 heterocycles. The highest BCUT2D eigenvalue weighted by Gasteiger charge is 2.32. The fourth-order valence-electron chi connectivity index (χ4n) is 6.71. The second-order valence-corrected chi connectivity index (χ2v) is 9.71. The van der Waals surface area contributed by atoms with Crippen molar-refractivity contribution in [3.63, 3.8) is 0 Å². The van der Waals surface area contributed by atoms with E-state index in [9.17, 15) is 45.3 Å². The van der Waals surface area contributed by atoms with Crippen LogP contribution >= 0.6 is 0 Å². The predicted molar refractivity (Wildman–Crippen MR) is 142 cm³/mol. The fourth-order valence-corrected chi connectivity index (χ4v) is 6.71. The molecule has 0 atom stereocenters. The molecule has 0 fully saturated rings. The van der Waals surface area contributed by atoms with Crippen molar-refractivity contribution in [3.8, 4) is 34.5 Å². The van der Waals surface area contributed by atoms with Crippen molar-refractivity contribution in [1.29, 1.82) is 0 Å². The molecule has 0 bridgehead atoms. The molecular weight excluding hydrogens is 492 g/mol. The van der Waals surface area contributed by atoms with Gasteiger partial charge in [0.1, 0.15) is 34.5 Å². The Bertz CT molecular complexity index is 2480. The smallest absolute Gasteiger partial charge is 0.190 e. The van der Waals surface area contributed by atoms with Crippen molar-refractivity contribution >= 4 is 75.4 Å². The minimum atomic E-state index is -0.696. The van der Waals surface area contributed by atoms with E-state index in [1.807, 2.05) is 0 Å². The minimum Gasteiger partial charge on any atom is -0.507 e. The molecule has 0 aliphatic carbocycles. The van der Waals surface area contributed by atoms with E-state index in [0.717, 1.165) is 12.1 Å². The summed E-state index contributed by atoms with van der Waals surface area (Å²) in [6.07, 6.45) is 0. The van der Waals surface area contributed by atoms with Crippen LogP contribution in [-0.4, -0.2) is 35.7 Å². The normalized spacial score (nSPS) is 12.8. The molecule has 38 heavy (non-hydrogen) atoms. The number of aliphatic hydroxyl groups excluding tert-OH is 1. The van der Waals surface area contributed by atoms with Crippen molar-refractivity contribution in [2.45, 2.75) is 6.61 Å². The quantitative estimate of drug-likeness (QED) is 0.128. The summed E-state index contributed by atoms with van der Waals surface area (Å²) in [7, 11) is 0. The highest BCUT2D eigenvalue weighted by Crippen LogP contribution is 2.59. The summed E-state index contributed by atoms with van der Waals surface area (Å²) in [6.45, 7) is -0.551. The Hall–Kier alpha value is -5.28. The number of aromatic hydroxyl groups is 6. The second kappa shape index (κ2) is 6.16. The van der Waals surface area contributed by atoms with Gasteiger partial charge in [0.2, 0.25) is 0 Å². The molecule has 0 aromatic heterocycles. The lowest BCUT2D eigenvalue weighted by molar-refractivity contribution is 0.283. The van der Waals surface area contributed by atoms with E-state index >= 15 is 0 Å². The van der Waals surface area contributed by atoms with Gasteiger partial charge in [0.15, 0.2) is 10.9 Å². The summed E-state index contributed by atoms with van der Waals surface area (Å²) in [6, 6.07) is 5.88. The largest absolute Gasteiger partial charge is 0.507 e. The topological polar surface area (TPSA) is 176 Å². The number of benzene rings is 8. The molecule has 9 nitrogen and oxygen atoms in total. The Morgan fingerprint density at radius 2 is 0.947 bits per heavy atom. The van der Waals surface area contributed by atoms with Crippen molar-refractivity contribution in [1.82, 2.24) is 0 Å². The lowest BCUT2D eigenvalue weighted by Gasteiger charge is -2.25. The van der Waals surface area contributed by atoms with Gasteiger partial charge in [-0.15, -0.1) is 0 Å². The Balaban J connectivity index is 2.01. The molecule has 0 saturated heterocycles. The average Bonchev–Trinajstić information content (AvgIpc) is 2.86. The lowest BCUT2D eigenvalue weighted by Crippen LogP contribution is -2.08. The van der Waals surface area contributed by atoms with Crippen LogP contribution in [0.15, 0.2) is 39.9 Å². The first-order valence-corrected chi connectivity index (χ1v) is 11.6. The van der Waals surface area contributed by atoms with Gasteiger partial charge in [0, 0.05) is 55.2 Å². The first-order valence-electron chi connectivity index (χ1n) is 11.6. The van der Waals surface area contributed by atoms with E-state index in [2.05, 4.69) is 0 Å². The van der Waals surface area contributed by atoms with Crippen LogP contribution in [0.25, 0.3) is 75.4 Å². The summed E-state index contributed by atoms with van der Waals surface area (Å²) in [5.74, 6) is -2.97. The molecule has 0 amide bonds. The average molecular weight is 506 g/mol. The number of rotatable bonds is 1. The molecule has 8 rings (SSSR count). The molecular formula is C29H14O9. The Morgan fingerprint density at radius 1 is 0.447 bits per heavy atom. The predicted octanol–water partition coefficient (Wildman–Crippen LogP) is 3.96. The number of phenols is 6. The van der Waals surface area contributed by atoms with E-state index in [1.165, 1.54) is 18.2 Å². The Labute approximate surface area is 208 Å². The van der Waals surface area contributed by atoms with E-state index in [1.54, 1.807) is 0 Å². The van der Waals surface area contributed by atoms with E-state index in [0.29, 0.717) is 10.8 Å². The number of aliphatic hydroxyl groups is 1. The third-order valence-electron chi connectivity index (χ3n) is 8.00. The maximum Gasteiger partial charge on any atom is 0.190 e. The van der Waals surface area contributed by atoms with Crippen molar-refractivity contribution < 1.29 is 35.7 Å². The van der Waals surface area contributed by atoms with Gasteiger partial charge >= 0.3 is 0 Å². The number of hydrogen-bond donors (Lipinski definition) is 7. The maximum absolute atomic E-state index is 13.4. The van der Waals surface area contributed by atoms with E-state index in [4.69, 9.17) is 0 Å². The van der Waals surface area contributed by atoms with Crippen LogP contribution in [0.4, 0.5) is 0 Å². The summed E-state index contributed by atoms with van der Waals surface area (Å²) >= 11 is 0. The van der Waals surface area contributed by atoms with Gasteiger partial charge in [0.05, 0.1) is 28.2 Å². The van der Waals surface area contributed by atoms with Crippen LogP contribution in [0, 0.1) is 0 Å².